The Morgan fingerprint density at radius 2 is 1.96 bits per heavy atom. The van der Waals surface area contributed by atoms with Gasteiger partial charge in [0.1, 0.15) is 22.3 Å². The quantitative estimate of drug-likeness (QED) is 0.540. The molecular formula is C16H13BrN2O6S. The van der Waals surface area contributed by atoms with Crippen molar-refractivity contribution < 1.29 is 27.1 Å². The number of carbonyl (C=O) groups is 1. The fraction of sp³-hybridized carbons (Fsp3) is 0.125. The standard InChI is InChI=1S/C16H13BrN2O6S/c1-23-13-7-12(17)15(8-14(13)24-2)26(21,22)19-16(20)10(9-18)6-11-4-3-5-25-11/h3-8H,1-2H3,(H,19,20)/b10-6+. The summed E-state index contributed by atoms with van der Waals surface area (Å²) in [5, 5.41) is 9.11. The number of ether oxygens (including phenoxy) is 2. The van der Waals surface area contributed by atoms with Crippen molar-refractivity contribution in [3.8, 4) is 17.6 Å². The van der Waals surface area contributed by atoms with Gasteiger partial charge < -0.3 is 13.9 Å². The van der Waals surface area contributed by atoms with Gasteiger partial charge in [0.2, 0.25) is 0 Å². The third kappa shape index (κ3) is 4.25. The molecule has 0 radical (unpaired) electrons. The topological polar surface area (TPSA) is 119 Å². The van der Waals surface area contributed by atoms with Gasteiger partial charge in [0.05, 0.1) is 20.5 Å². The summed E-state index contributed by atoms with van der Waals surface area (Å²) in [4.78, 5) is 11.9. The third-order valence-electron chi connectivity index (χ3n) is 3.15. The van der Waals surface area contributed by atoms with Crippen molar-refractivity contribution >= 4 is 37.9 Å². The molecule has 0 aliphatic heterocycles. The number of methoxy groups -OCH3 is 2. The Morgan fingerprint density at radius 1 is 1.31 bits per heavy atom. The average molecular weight is 441 g/mol. The summed E-state index contributed by atoms with van der Waals surface area (Å²) in [6.07, 6.45) is 2.49. The van der Waals surface area contributed by atoms with E-state index in [0.717, 1.165) is 6.08 Å². The number of hydrogen-bond acceptors (Lipinski definition) is 7. The van der Waals surface area contributed by atoms with E-state index in [1.165, 1.54) is 38.7 Å². The van der Waals surface area contributed by atoms with Crippen molar-refractivity contribution in [3.63, 3.8) is 0 Å². The second-order valence-electron chi connectivity index (χ2n) is 4.76. The number of benzene rings is 1. The minimum atomic E-state index is -4.29. The molecule has 0 fully saturated rings. The summed E-state index contributed by atoms with van der Waals surface area (Å²) in [6, 6.07) is 7.31. The number of hydrogen-bond donors (Lipinski definition) is 1. The number of sulfonamides is 1. The van der Waals surface area contributed by atoms with E-state index in [1.54, 1.807) is 12.1 Å². The van der Waals surface area contributed by atoms with Gasteiger partial charge in [0, 0.05) is 16.6 Å². The fourth-order valence-electron chi connectivity index (χ4n) is 1.94. The van der Waals surface area contributed by atoms with E-state index in [-0.39, 0.29) is 20.9 Å². The summed E-state index contributed by atoms with van der Waals surface area (Å²) in [6.45, 7) is 0. The molecule has 2 aromatic rings. The summed E-state index contributed by atoms with van der Waals surface area (Å²) < 4.78 is 42.2. The molecule has 136 valence electrons. The Labute approximate surface area is 158 Å². The van der Waals surface area contributed by atoms with Crippen LogP contribution < -0.4 is 14.2 Å². The molecule has 1 heterocycles. The van der Waals surface area contributed by atoms with E-state index >= 15 is 0 Å². The first-order valence-corrected chi connectivity index (χ1v) is 9.24. The number of furan rings is 1. The lowest BCUT2D eigenvalue weighted by Crippen LogP contribution is -2.31. The van der Waals surface area contributed by atoms with Crippen LogP contribution in [0, 0.1) is 11.3 Å². The first kappa shape index (κ1) is 19.6. The molecule has 0 bridgehead atoms. The van der Waals surface area contributed by atoms with Crippen molar-refractivity contribution in [1.29, 1.82) is 5.26 Å². The van der Waals surface area contributed by atoms with Gasteiger partial charge >= 0.3 is 0 Å². The van der Waals surface area contributed by atoms with Gasteiger partial charge in [-0.25, -0.2) is 13.1 Å². The number of carbonyl (C=O) groups excluding carboxylic acids is 1. The van der Waals surface area contributed by atoms with Gasteiger partial charge in [-0.05, 0) is 34.1 Å². The molecule has 0 unspecified atom stereocenters. The largest absolute Gasteiger partial charge is 0.493 e. The van der Waals surface area contributed by atoms with Crippen molar-refractivity contribution in [2.75, 3.05) is 14.2 Å². The van der Waals surface area contributed by atoms with Crippen LogP contribution in [-0.2, 0) is 14.8 Å². The predicted molar refractivity (Wildman–Crippen MR) is 94.9 cm³/mol. The molecule has 0 aliphatic rings. The molecule has 8 nitrogen and oxygen atoms in total. The maximum atomic E-state index is 12.5. The highest BCUT2D eigenvalue weighted by molar-refractivity contribution is 9.10. The molecule has 1 aromatic heterocycles. The Hall–Kier alpha value is -2.77. The number of nitrogens with zero attached hydrogens (tertiary/aromatic N) is 1. The lowest BCUT2D eigenvalue weighted by atomic mass is 10.2. The van der Waals surface area contributed by atoms with E-state index in [1.807, 2.05) is 4.72 Å². The van der Waals surface area contributed by atoms with E-state index < -0.39 is 21.5 Å². The molecule has 1 N–H and O–H groups in total. The fourth-order valence-corrected chi connectivity index (χ4v) is 3.94. The molecule has 0 atom stereocenters. The van der Waals surface area contributed by atoms with Crippen LogP contribution in [0.2, 0.25) is 0 Å². The van der Waals surface area contributed by atoms with Gasteiger partial charge in [-0.15, -0.1) is 0 Å². The van der Waals surface area contributed by atoms with Crippen molar-refractivity contribution in [3.05, 3.63) is 46.3 Å². The van der Waals surface area contributed by atoms with Crippen molar-refractivity contribution in [2.45, 2.75) is 4.90 Å². The Kier molecular flexibility index (Phi) is 6.07. The molecule has 1 amide bonds. The zero-order valence-corrected chi connectivity index (χ0v) is 16.0. The molecule has 26 heavy (non-hydrogen) atoms. The minimum Gasteiger partial charge on any atom is -0.493 e. The zero-order valence-electron chi connectivity index (χ0n) is 13.6. The van der Waals surface area contributed by atoms with E-state index in [4.69, 9.17) is 19.2 Å². The normalized spacial score (nSPS) is 11.5. The molecule has 0 saturated carbocycles. The Bertz CT molecular complexity index is 990. The van der Waals surface area contributed by atoms with Crippen LogP contribution in [0.15, 0.2) is 49.9 Å². The highest BCUT2D eigenvalue weighted by Gasteiger charge is 2.25. The lowest BCUT2D eigenvalue weighted by Gasteiger charge is -2.12. The number of rotatable bonds is 6. The highest BCUT2D eigenvalue weighted by Crippen LogP contribution is 2.35. The summed E-state index contributed by atoms with van der Waals surface area (Å²) in [5.74, 6) is -0.387. The zero-order chi connectivity index (χ0) is 19.3. The molecule has 0 spiro atoms. The smallest absolute Gasteiger partial charge is 0.275 e. The average Bonchev–Trinajstić information content (AvgIpc) is 3.11. The van der Waals surface area contributed by atoms with Gasteiger partial charge in [0.15, 0.2) is 11.5 Å². The maximum Gasteiger partial charge on any atom is 0.275 e. The van der Waals surface area contributed by atoms with E-state index in [2.05, 4.69) is 15.9 Å². The molecule has 0 saturated heterocycles. The lowest BCUT2D eigenvalue weighted by molar-refractivity contribution is -0.115. The maximum absolute atomic E-state index is 12.5. The summed E-state index contributed by atoms with van der Waals surface area (Å²) in [7, 11) is -1.54. The first-order chi connectivity index (χ1) is 12.3. The summed E-state index contributed by atoms with van der Waals surface area (Å²) >= 11 is 3.12. The first-order valence-electron chi connectivity index (χ1n) is 6.96. The van der Waals surface area contributed by atoms with Crippen LogP contribution in [0.4, 0.5) is 0 Å². The second kappa shape index (κ2) is 8.07. The number of nitrogens with one attached hydrogen (secondary N) is 1. The second-order valence-corrected chi connectivity index (χ2v) is 7.26. The van der Waals surface area contributed by atoms with Crippen LogP contribution in [0.25, 0.3) is 6.08 Å². The van der Waals surface area contributed by atoms with Gasteiger partial charge in [0.25, 0.3) is 15.9 Å². The summed E-state index contributed by atoms with van der Waals surface area (Å²) in [5.41, 5.74) is -0.430. The van der Waals surface area contributed by atoms with E-state index in [9.17, 15) is 13.2 Å². The Balaban J connectivity index is 2.37. The molecular weight excluding hydrogens is 428 g/mol. The van der Waals surface area contributed by atoms with Gasteiger partial charge in [-0.2, -0.15) is 5.26 Å². The predicted octanol–water partition coefficient (Wildman–Crippen LogP) is 2.47. The number of amides is 1. The van der Waals surface area contributed by atoms with Crippen LogP contribution in [-0.4, -0.2) is 28.5 Å². The highest BCUT2D eigenvalue weighted by atomic mass is 79.9. The SMILES string of the molecule is COc1cc(Br)c(S(=O)(=O)NC(=O)/C(C#N)=C/c2ccco2)cc1OC. The van der Waals surface area contributed by atoms with Crippen LogP contribution in [0.1, 0.15) is 5.76 Å². The van der Waals surface area contributed by atoms with Crippen LogP contribution in [0.5, 0.6) is 11.5 Å². The number of nitriles is 1. The molecule has 2 rings (SSSR count). The van der Waals surface area contributed by atoms with Crippen molar-refractivity contribution in [1.82, 2.24) is 4.72 Å². The minimum absolute atomic E-state index is 0.156. The monoisotopic (exact) mass is 440 g/mol. The number of halogens is 1. The third-order valence-corrected chi connectivity index (χ3v) is 5.44. The molecule has 1 aromatic carbocycles. The van der Waals surface area contributed by atoms with Crippen molar-refractivity contribution in [2.24, 2.45) is 0 Å². The van der Waals surface area contributed by atoms with Crippen LogP contribution in [0.3, 0.4) is 0 Å². The molecule has 0 aliphatic carbocycles. The Morgan fingerprint density at radius 3 is 2.50 bits per heavy atom. The molecule has 10 heteroatoms. The van der Waals surface area contributed by atoms with Gasteiger partial charge in [-0.1, -0.05) is 0 Å². The van der Waals surface area contributed by atoms with Crippen LogP contribution >= 0.6 is 15.9 Å². The van der Waals surface area contributed by atoms with E-state index in [0.29, 0.717) is 5.75 Å². The van der Waals surface area contributed by atoms with Gasteiger partial charge in [-0.3, -0.25) is 4.79 Å².